The van der Waals surface area contributed by atoms with Gasteiger partial charge in [-0.1, -0.05) is 0 Å². The predicted molar refractivity (Wildman–Crippen MR) is 103 cm³/mol. The van der Waals surface area contributed by atoms with E-state index >= 15 is 0 Å². The number of amides is 3. The summed E-state index contributed by atoms with van der Waals surface area (Å²) in [6.07, 6.45) is 3.69. The second-order valence-electron chi connectivity index (χ2n) is 7.71. The number of carbonyl (C=O) groups excluding carboxylic acids is 3. The summed E-state index contributed by atoms with van der Waals surface area (Å²) in [5.41, 5.74) is 6.41. The quantitative estimate of drug-likeness (QED) is 0.818. The molecule has 2 fully saturated rings. The maximum Gasteiger partial charge on any atom is 0.248 e. The van der Waals surface area contributed by atoms with Crippen LogP contribution < -0.4 is 11.1 Å². The minimum Gasteiger partial charge on any atom is -0.366 e. The normalized spacial score (nSPS) is 23.4. The van der Waals surface area contributed by atoms with Crippen LogP contribution in [0.4, 0.5) is 5.69 Å². The number of benzene rings is 1. The van der Waals surface area contributed by atoms with Crippen LogP contribution in [0.25, 0.3) is 0 Å². The van der Waals surface area contributed by atoms with Gasteiger partial charge in [0.15, 0.2) is 0 Å². The Morgan fingerprint density at radius 2 is 1.93 bits per heavy atom. The third-order valence-corrected chi connectivity index (χ3v) is 5.69. The summed E-state index contributed by atoms with van der Waals surface area (Å²) in [5, 5.41) is 2.88. The molecule has 3 N–H and O–H groups in total. The fraction of sp³-hybridized carbons (Fsp3) is 0.550. The van der Waals surface area contributed by atoms with E-state index in [1.165, 1.54) is 0 Å². The van der Waals surface area contributed by atoms with Crippen LogP contribution in [0.15, 0.2) is 24.3 Å². The molecule has 1 aromatic carbocycles. The fourth-order valence-corrected chi connectivity index (χ4v) is 4.29. The molecule has 0 aromatic heterocycles. The Morgan fingerprint density at radius 3 is 2.59 bits per heavy atom. The summed E-state index contributed by atoms with van der Waals surface area (Å²) >= 11 is 0. The molecule has 0 saturated carbocycles. The first-order chi connectivity index (χ1) is 12.9. The maximum absolute atomic E-state index is 12.4. The van der Waals surface area contributed by atoms with Crippen molar-refractivity contribution in [2.45, 2.75) is 32.6 Å². The lowest BCUT2D eigenvalue weighted by Crippen LogP contribution is -2.54. The minimum atomic E-state index is -0.487. The molecule has 1 aromatic rings. The van der Waals surface area contributed by atoms with Crippen LogP contribution in [0.2, 0.25) is 0 Å². The van der Waals surface area contributed by atoms with Crippen molar-refractivity contribution < 1.29 is 14.4 Å². The summed E-state index contributed by atoms with van der Waals surface area (Å²) in [4.78, 5) is 39.7. The van der Waals surface area contributed by atoms with E-state index < -0.39 is 5.91 Å². The molecule has 27 heavy (non-hydrogen) atoms. The number of carbonyl (C=O) groups is 3. The number of rotatable bonds is 5. The van der Waals surface area contributed by atoms with Crippen molar-refractivity contribution in [1.82, 2.24) is 9.80 Å². The Bertz CT molecular complexity index is 718. The number of anilines is 1. The van der Waals surface area contributed by atoms with Gasteiger partial charge in [0.2, 0.25) is 17.7 Å². The first-order valence-corrected chi connectivity index (χ1v) is 9.61. The SMILES string of the molecule is CCN1C[C@]2(CCCN(CC(=O)Nc3ccc(C(N)=O)cc3)C2)CCC1=O. The number of nitrogens with two attached hydrogens (primary N) is 1. The Kier molecular flexibility index (Phi) is 5.79. The summed E-state index contributed by atoms with van der Waals surface area (Å²) < 4.78 is 0. The van der Waals surface area contributed by atoms with Crippen molar-refractivity contribution >= 4 is 23.4 Å². The van der Waals surface area contributed by atoms with Crippen molar-refractivity contribution in [3.63, 3.8) is 0 Å². The second kappa shape index (κ2) is 8.08. The number of hydrogen-bond acceptors (Lipinski definition) is 4. The first kappa shape index (κ1) is 19.4. The van der Waals surface area contributed by atoms with E-state index in [2.05, 4.69) is 10.2 Å². The molecule has 3 rings (SSSR count). The van der Waals surface area contributed by atoms with Crippen LogP contribution in [-0.4, -0.2) is 60.2 Å². The highest BCUT2D eigenvalue weighted by Gasteiger charge is 2.41. The Labute approximate surface area is 159 Å². The second-order valence-corrected chi connectivity index (χ2v) is 7.71. The number of hydrogen-bond donors (Lipinski definition) is 2. The van der Waals surface area contributed by atoms with Crippen LogP contribution >= 0.6 is 0 Å². The zero-order valence-electron chi connectivity index (χ0n) is 15.9. The lowest BCUT2D eigenvalue weighted by atomic mass is 9.73. The van der Waals surface area contributed by atoms with Crippen molar-refractivity contribution in [3.05, 3.63) is 29.8 Å². The van der Waals surface area contributed by atoms with Crippen LogP contribution in [-0.2, 0) is 9.59 Å². The van der Waals surface area contributed by atoms with Gasteiger partial charge in [-0.3, -0.25) is 19.3 Å². The van der Waals surface area contributed by atoms with Crippen molar-refractivity contribution in [2.75, 3.05) is 38.0 Å². The number of likely N-dealkylation sites (tertiary alicyclic amines) is 2. The van der Waals surface area contributed by atoms with Gasteiger partial charge in [0, 0.05) is 42.7 Å². The number of primary amides is 1. The third-order valence-electron chi connectivity index (χ3n) is 5.69. The predicted octanol–water partition coefficient (Wildman–Crippen LogP) is 1.45. The molecule has 2 saturated heterocycles. The highest BCUT2D eigenvalue weighted by Crippen LogP contribution is 2.38. The Hall–Kier alpha value is -2.41. The Balaban J connectivity index is 1.56. The molecular weight excluding hydrogens is 344 g/mol. The van der Waals surface area contributed by atoms with Gasteiger partial charge < -0.3 is 16.0 Å². The zero-order valence-corrected chi connectivity index (χ0v) is 15.9. The zero-order chi connectivity index (χ0) is 19.4. The molecule has 2 heterocycles. The molecule has 2 aliphatic rings. The minimum absolute atomic E-state index is 0.0712. The summed E-state index contributed by atoms with van der Waals surface area (Å²) in [6, 6.07) is 6.57. The van der Waals surface area contributed by atoms with Crippen LogP contribution in [0.1, 0.15) is 43.0 Å². The third kappa shape index (κ3) is 4.66. The van der Waals surface area contributed by atoms with Crippen LogP contribution in [0, 0.1) is 5.41 Å². The van der Waals surface area contributed by atoms with E-state index in [1.54, 1.807) is 24.3 Å². The highest BCUT2D eigenvalue weighted by atomic mass is 16.2. The molecule has 0 radical (unpaired) electrons. The van der Waals surface area contributed by atoms with Crippen LogP contribution in [0.5, 0.6) is 0 Å². The number of nitrogens with zero attached hydrogens (tertiary/aromatic N) is 2. The Morgan fingerprint density at radius 1 is 1.19 bits per heavy atom. The van der Waals surface area contributed by atoms with E-state index in [1.807, 2.05) is 11.8 Å². The average Bonchev–Trinajstić information content (AvgIpc) is 2.64. The van der Waals surface area contributed by atoms with E-state index in [0.29, 0.717) is 24.2 Å². The van der Waals surface area contributed by atoms with E-state index in [0.717, 1.165) is 45.4 Å². The molecular formula is C20H28N4O3. The van der Waals surface area contributed by atoms with E-state index in [4.69, 9.17) is 5.73 Å². The molecule has 7 nitrogen and oxygen atoms in total. The van der Waals surface area contributed by atoms with Gasteiger partial charge >= 0.3 is 0 Å². The van der Waals surface area contributed by atoms with Crippen molar-refractivity contribution in [1.29, 1.82) is 0 Å². The van der Waals surface area contributed by atoms with Gasteiger partial charge in [-0.25, -0.2) is 0 Å². The molecule has 0 aliphatic carbocycles. The largest absolute Gasteiger partial charge is 0.366 e. The van der Waals surface area contributed by atoms with Gasteiger partial charge in [-0.15, -0.1) is 0 Å². The smallest absolute Gasteiger partial charge is 0.248 e. The van der Waals surface area contributed by atoms with Gasteiger partial charge in [0.25, 0.3) is 0 Å². The maximum atomic E-state index is 12.4. The summed E-state index contributed by atoms with van der Waals surface area (Å²) in [5.74, 6) is -0.311. The molecule has 0 bridgehead atoms. The molecule has 7 heteroatoms. The topological polar surface area (TPSA) is 95.7 Å². The lowest BCUT2D eigenvalue weighted by molar-refractivity contribution is -0.139. The summed E-state index contributed by atoms with van der Waals surface area (Å²) in [6.45, 7) is 5.66. The average molecular weight is 372 g/mol. The van der Waals surface area contributed by atoms with Crippen LogP contribution in [0.3, 0.4) is 0 Å². The highest BCUT2D eigenvalue weighted by molar-refractivity contribution is 5.95. The molecule has 1 spiro atoms. The van der Waals surface area contributed by atoms with Gasteiger partial charge in [-0.05, 0) is 57.0 Å². The van der Waals surface area contributed by atoms with Gasteiger partial charge in [-0.2, -0.15) is 0 Å². The van der Waals surface area contributed by atoms with Gasteiger partial charge in [0.05, 0.1) is 6.54 Å². The first-order valence-electron chi connectivity index (χ1n) is 9.61. The monoisotopic (exact) mass is 372 g/mol. The molecule has 0 unspecified atom stereocenters. The molecule has 1 atom stereocenters. The van der Waals surface area contributed by atoms with Crippen molar-refractivity contribution in [2.24, 2.45) is 11.1 Å². The molecule has 3 amide bonds. The number of piperidine rings is 2. The van der Waals surface area contributed by atoms with E-state index in [9.17, 15) is 14.4 Å². The van der Waals surface area contributed by atoms with Crippen molar-refractivity contribution in [3.8, 4) is 0 Å². The lowest BCUT2D eigenvalue weighted by Gasteiger charge is -2.48. The number of nitrogens with one attached hydrogen (secondary N) is 1. The fourth-order valence-electron chi connectivity index (χ4n) is 4.29. The van der Waals surface area contributed by atoms with Gasteiger partial charge in [0.1, 0.15) is 0 Å². The molecule has 146 valence electrons. The molecule has 2 aliphatic heterocycles. The standard InChI is InChI=1S/C20H28N4O3/c1-2-24-14-20(10-8-18(24)26)9-3-11-23(13-20)12-17(25)22-16-6-4-15(5-7-16)19(21)27/h4-7H,2-3,8-14H2,1H3,(H2,21,27)(H,22,25)/t20-/m1/s1. The van der Waals surface area contributed by atoms with E-state index in [-0.39, 0.29) is 17.2 Å². The summed E-state index contributed by atoms with van der Waals surface area (Å²) in [7, 11) is 0.